The molecule has 1 saturated heterocycles. The van der Waals surface area contributed by atoms with Gasteiger partial charge in [-0.15, -0.1) is 0 Å². The number of hydrogen-bond donors (Lipinski definition) is 1. The molecule has 18 heavy (non-hydrogen) atoms. The van der Waals surface area contributed by atoms with Crippen LogP contribution < -0.4 is 5.73 Å². The smallest absolute Gasteiger partial charge is 0.0233 e. The summed E-state index contributed by atoms with van der Waals surface area (Å²) < 4.78 is 0. The lowest BCUT2D eigenvalue weighted by Gasteiger charge is -2.26. The van der Waals surface area contributed by atoms with E-state index in [4.69, 9.17) is 5.73 Å². The predicted molar refractivity (Wildman–Crippen MR) is 81.6 cm³/mol. The van der Waals surface area contributed by atoms with E-state index in [9.17, 15) is 0 Å². The molecule has 2 N–H and O–H groups in total. The van der Waals surface area contributed by atoms with Crippen molar-refractivity contribution in [3.05, 3.63) is 35.9 Å². The fourth-order valence-corrected chi connectivity index (χ4v) is 1.96. The number of hydrogen-bond acceptors (Lipinski definition) is 2. The Labute approximate surface area is 113 Å². The average Bonchev–Trinajstić information content (AvgIpc) is 2.44. The number of piperidine rings is 1. The molecule has 1 aliphatic heterocycles. The van der Waals surface area contributed by atoms with Gasteiger partial charge in [0.05, 0.1) is 0 Å². The fourth-order valence-electron chi connectivity index (χ4n) is 1.96. The van der Waals surface area contributed by atoms with Crippen LogP contribution in [0.3, 0.4) is 0 Å². The van der Waals surface area contributed by atoms with Gasteiger partial charge in [0.2, 0.25) is 0 Å². The van der Waals surface area contributed by atoms with Crippen LogP contribution in [0, 0.1) is 0 Å². The van der Waals surface area contributed by atoms with Crippen LogP contribution in [-0.4, -0.2) is 24.5 Å². The number of nitrogens with two attached hydrogens (primary N) is 1. The van der Waals surface area contributed by atoms with Gasteiger partial charge in [-0.25, -0.2) is 0 Å². The Morgan fingerprint density at radius 1 is 1.00 bits per heavy atom. The van der Waals surface area contributed by atoms with E-state index in [0.717, 1.165) is 13.1 Å². The highest BCUT2D eigenvalue weighted by Crippen LogP contribution is 2.12. The molecule has 0 amide bonds. The van der Waals surface area contributed by atoms with Crippen molar-refractivity contribution < 1.29 is 0 Å². The van der Waals surface area contributed by atoms with E-state index in [1.54, 1.807) is 0 Å². The zero-order valence-corrected chi connectivity index (χ0v) is 12.4. The summed E-state index contributed by atoms with van der Waals surface area (Å²) in [6.45, 7) is 10.4. The minimum absolute atomic E-state index is 0.750. The summed E-state index contributed by atoms with van der Waals surface area (Å²) in [5, 5.41) is 0. The van der Waals surface area contributed by atoms with Crippen LogP contribution >= 0.6 is 0 Å². The summed E-state index contributed by atoms with van der Waals surface area (Å²) in [6.07, 6.45) is 4.19. The highest BCUT2D eigenvalue weighted by atomic mass is 15.1. The largest absolute Gasteiger partial charge is 0.331 e. The van der Waals surface area contributed by atoms with Crippen molar-refractivity contribution >= 4 is 0 Å². The second kappa shape index (κ2) is 12.6. The minimum Gasteiger partial charge on any atom is -0.331 e. The standard InChI is InChI=1S/C12H17N.C2H7N.C2H6/c1-3-7-12(8-4-1)11-13-9-5-2-6-10-13;1-2-3;1-2/h1,3-4,7-8H,2,5-6,9-11H2;2-3H2,1H3;1-2H3. The molecule has 104 valence electrons. The second-order valence-corrected chi connectivity index (χ2v) is 4.23. The first-order valence-electron chi connectivity index (χ1n) is 7.33. The highest BCUT2D eigenvalue weighted by Gasteiger charge is 2.09. The molecule has 0 bridgehead atoms. The first-order chi connectivity index (χ1) is 8.86. The third kappa shape index (κ3) is 8.26. The molecule has 0 spiro atoms. The molecular formula is C16H30N2. The summed E-state index contributed by atoms with van der Waals surface area (Å²) in [5.41, 5.74) is 6.30. The van der Waals surface area contributed by atoms with Crippen LogP contribution in [0.2, 0.25) is 0 Å². The van der Waals surface area contributed by atoms with Gasteiger partial charge in [-0.1, -0.05) is 57.5 Å². The lowest BCUT2D eigenvalue weighted by molar-refractivity contribution is 0.221. The Morgan fingerprint density at radius 3 is 2.00 bits per heavy atom. The molecule has 0 atom stereocenters. The Morgan fingerprint density at radius 2 is 1.50 bits per heavy atom. The molecule has 2 nitrogen and oxygen atoms in total. The molecule has 0 radical (unpaired) electrons. The van der Waals surface area contributed by atoms with Gasteiger partial charge >= 0.3 is 0 Å². The average molecular weight is 250 g/mol. The van der Waals surface area contributed by atoms with E-state index in [1.807, 2.05) is 20.8 Å². The van der Waals surface area contributed by atoms with E-state index in [0.29, 0.717) is 0 Å². The fraction of sp³-hybridized carbons (Fsp3) is 0.625. The van der Waals surface area contributed by atoms with Gasteiger partial charge in [0, 0.05) is 6.54 Å². The van der Waals surface area contributed by atoms with E-state index in [1.165, 1.54) is 37.9 Å². The SMILES string of the molecule is CC.CCN.c1ccc(CN2CCCCC2)cc1. The monoisotopic (exact) mass is 250 g/mol. The third-order valence-electron chi connectivity index (χ3n) is 2.70. The van der Waals surface area contributed by atoms with Gasteiger partial charge in [0.25, 0.3) is 0 Å². The molecule has 1 aliphatic rings. The molecule has 2 rings (SSSR count). The minimum atomic E-state index is 0.750. The Kier molecular flexibility index (Phi) is 12.0. The van der Waals surface area contributed by atoms with Gasteiger partial charge < -0.3 is 5.73 Å². The van der Waals surface area contributed by atoms with Crippen molar-refractivity contribution in [1.82, 2.24) is 4.90 Å². The van der Waals surface area contributed by atoms with Crippen molar-refractivity contribution in [2.45, 2.75) is 46.6 Å². The molecule has 0 saturated carbocycles. The first-order valence-corrected chi connectivity index (χ1v) is 7.33. The molecular weight excluding hydrogens is 220 g/mol. The van der Waals surface area contributed by atoms with E-state index in [2.05, 4.69) is 35.2 Å². The highest BCUT2D eigenvalue weighted by molar-refractivity contribution is 5.14. The molecule has 1 heterocycles. The Hall–Kier alpha value is -0.860. The molecule has 0 unspecified atom stereocenters. The summed E-state index contributed by atoms with van der Waals surface area (Å²) in [4.78, 5) is 2.55. The Balaban J connectivity index is 0.000000509. The normalized spacial score (nSPS) is 14.9. The molecule has 0 aliphatic carbocycles. The van der Waals surface area contributed by atoms with Crippen LogP contribution in [0.25, 0.3) is 0 Å². The quantitative estimate of drug-likeness (QED) is 0.868. The maximum Gasteiger partial charge on any atom is 0.0233 e. The Bertz CT molecular complexity index is 253. The van der Waals surface area contributed by atoms with E-state index >= 15 is 0 Å². The zero-order valence-electron chi connectivity index (χ0n) is 12.4. The van der Waals surface area contributed by atoms with E-state index in [-0.39, 0.29) is 0 Å². The van der Waals surface area contributed by atoms with Gasteiger partial charge in [0.1, 0.15) is 0 Å². The second-order valence-electron chi connectivity index (χ2n) is 4.23. The summed E-state index contributed by atoms with van der Waals surface area (Å²) in [7, 11) is 0. The van der Waals surface area contributed by atoms with Crippen molar-refractivity contribution in [3.8, 4) is 0 Å². The molecule has 1 fully saturated rings. The maximum atomic E-state index is 4.85. The van der Waals surface area contributed by atoms with Gasteiger partial charge in [0.15, 0.2) is 0 Å². The number of nitrogens with zero attached hydrogens (tertiary/aromatic N) is 1. The summed E-state index contributed by atoms with van der Waals surface area (Å²) in [5.74, 6) is 0. The molecule has 1 aromatic carbocycles. The summed E-state index contributed by atoms with van der Waals surface area (Å²) in [6, 6.07) is 10.8. The predicted octanol–water partition coefficient (Wildman–Crippen LogP) is 3.66. The van der Waals surface area contributed by atoms with Crippen molar-refractivity contribution in [3.63, 3.8) is 0 Å². The first kappa shape index (κ1) is 17.1. The van der Waals surface area contributed by atoms with Gasteiger partial charge in [-0.3, -0.25) is 4.90 Å². The van der Waals surface area contributed by atoms with Crippen molar-refractivity contribution in [1.29, 1.82) is 0 Å². The van der Waals surface area contributed by atoms with Gasteiger partial charge in [-0.2, -0.15) is 0 Å². The third-order valence-corrected chi connectivity index (χ3v) is 2.70. The van der Waals surface area contributed by atoms with Crippen molar-refractivity contribution in [2.75, 3.05) is 19.6 Å². The van der Waals surface area contributed by atoms with Gasteiger partial charge in [-0.05, 0) is 38.0 Å². The molecule has 2 heteroatoms. The number of rotatable bonds is 2. The van der Waals surface area contributed by atoms with Crippen LogP contribution in [-0.2, 0) is 6.54 Å². The number of benzene rings is 1. The van der Waals surface area contributed by atoms with E-state index < -0.39 is 0 Å². The van der Waals surface area contributed by atoms with Crippen LogP contribution in [0.15, 0.2) is 30.3 Å². The van der Waals surface area contributed by atoms with Crippen LogP contribution in [0.1, 0.15) is 45.6 Å². The maximum absolute atomic E-state index is 4.85. The van der Waals surface area contributed by atoms with Crippen LogP contribution in [0.4, 0.5) is 0 Å². The molecule has 1 aromatic rings. The summed E-state index contributed by atoms with van der Waals surface area (Å²) >= 11 is 0. The lowest BCUT2D eigenvalue weighted by atomic mass is 10.1. The number of likely N-dealkylation sites (tertiary alicyclic amines) is 1. The van der Waals surface area contributed by atoms with Crippen LogP contribution in [0.5, 0.6) is 0 Å². The zero-order chi connectivity index (χ0) is 13.6. The topological polar surface area (TPSA) is 29.3 Å². The lowest BCUT2D eigenvalue weighted by Crippen LogP contribution is -2.28. The molecule has 0 aromatic heterocycles. The van der Waals surface area contributed by atoms with Crippen molar-refractivity contribution in [2.24, 2.45) is 5.73 Å².